The molecule has 0 aromatic carbocycles. The molecule has 41 heteroatoms. The lowest BCUT2D eigenvalue weighted by molar-refractivity contribution is -0.375. The van der Waals surface area contributed by atoms with Crippen molar-refractivity contribution in [1.82, 2.24) is 0 Å². The van der Waals surface area contributed by atoms with Crippen molar-refractivity contribution in [3.05, 3.63) is 0 Å². The van der Waals surface area contributed by atoms with Crippen LogP contribution in [0.3, 0.4) is 0 Å². The van der Waals surface area contributed by atoms with Gasteiger partial charge in [0.25, 0.3) is 0 Å². The van der Waals surface area contributed by atoms with Gasteiger partial charge in [0.15, 0.2) is 50.3 Å². The maximum atomic E-state index is 11.6. The molecular weight excluding hydrogens is 1270 g/mol. The van der Waals surface area contributed by atoms with Gasteiger partial charge < -0.3 is 203 Å². The molecule has 0 radical (unpaired) electrons. The highest BCUT2D eigenvalue weighted by Gasteiger charge is 2.60. The second kappa shape index (κ2) is 32.1. The minimum Gasteiger partial charge on any atom is -0.394 e. The standard InChI is InChI=1S/C51H86O41/c1-11-21(61)39(35(75)48(77-11)86-37-19(8-58)78-14(3-53)23(37)63)88-47-32(72)28(68)29(69)36(85-47)12(60)10-76-44-34(74)40(24(64)15(4-54)79-44)89-46-33(73)30(70)38(20(9-59)84-46)87-49-42(26(66)17(6-56)81-49)91-51-43(27(67)18(7-57)83-51)92-50-41(25(65)16(5-55)82-50)90-45-31(71)22(62)13(2-52)80-45/h11-75H,2-10H2,1H3/t11-,12+,13+,14+,15+,16+,17+,18+,19+,20+,21+,22+,23+,24+,25+,26+,27+,28-,29-,30+,31+,32-,33+,34+,35-,36+,37+,38-,39+,40-,41+,42+,43+,44-,45-,46-,47+,48-,49-,50-,51-/m0/s1. The van der Waals surface area contributed by atoms with Gasteiger partial charge in [-0.15, -0.1) is 0 Å². The van der Waals surface area contributed by atoms with E-state index >= 15 is 0 Å². The molecule has 24 N–H and O–H groups in total. The van der Waals surface area contributed by atoms with Crippen LogP contribution >= 0.6 is 0 Å². The van der Waals surface area contributed by atoms with Crippen molar-refractivity contribution in [3.8, 4) is 0 Å². The molecule has 9 saturated heterocycles. The van der Waals surface area contributed by atoms with E-state index in [4.69, 9.17) is 80.5 Å². The van der Waals surface area contributed by atoms with E-state index < -0.39 is 311 Å². The SMILES string of the molecule is C[C@@H]1O[C@@H](O[C@H]2[C@H](O)[C@@H](CO)O[C@@H]2CO)[C@@H](O)[C@H](O[C@H]2O[C@H]([C@H](O)CO[C@H]3O[C@H](CO)[C@@H](O)[C@H](O[C@@H]4O[C@H](CO)[C@H](O[C@@H]5O[C@H](CO)[C@@H](O)[C@H]5O[C@@H]5O[C@H](CO)[C@@H](O)[C@H]5O[C@@H]5O[C@H](CO)[C@@H](O)[C@H]5O[C@@H]5O[C@H](CO)[C@@H](O)[C@H]5O)[C@H](O)[C@H]4O)[C@H]3O)[C@@H](O)[C@H](O)[C@@H]2O)[C@@H]1O. The Morgan fingerprint density at radius 3 is 1.02 bits per heavy atom. The molecule has 0 aromatic rings. The lowest BCUT2D eigenvalue weighted by Gasteiger charge is -2.47. The van der Waals surface area contributed by atoms with Crippen molar-refractivity contribution in [1.29, 1.82) is 0 Å². The lowest BCUT2D eigenvalue weighted by Crippen LogP contribution is -2.66. The van der Waals surface area contributed by atoms with E-state index in [2.05, 4.69) is 0 Å². The highest BCUT2D eigenvalue weighted by molar-refractivity contribution is 5.02. The van der Waals surface area contributed by atoms with Gasteiger partial charge in [0.05, 0.1) is 65.6 Å². The van der Waals surface area contributed by atoms with Crippen molar-refractivity contribution in [2.75, 3.05) is 59.5 Å². The van der Waals surface area contributed by atoms with Gasteiger partial charge in [0.1, 0.15) is 195 Å². The summed E-state index contributed by atoms with van der Waals surface area (Å²) >= 11 is 0. The second-order valence-electron chi connectivity index (χ2n) is 23.6. The zero-order valence-electron chi connectivity index (χ0n) is 48.7. The van der Waals surface area contributed by atoms with Crippen LogP contribution < -0.4 is 0 Å². The third-order valence-electron chi connectivity index (χ3n) is 17.6. The predicted octanol–water partition coefficient (Wildman–Crippen LogP) is -17.0. The molecule has 9 fully saturated rings. The van der Waals surface area contributed by atoms with Gasteiger partial charge in [-0.3, -0.25) is 0 Å². The minimum atomic E-state index is -2.28. The molecule has 9 aliphatic heterocycles. The van der Waals surface area contributed by atoms with Gasteiger partial charge >= 0.3 is 0 Å². The lowest BCUT2D eigenvalue weighted by atomic mass is 9.94. The van der Waals surface area contributed by atoms with E-state index in [0.29, 0.717) is 0 Å². The Labute approximate surface area is 520 Å². The van der Waals surface area contributed by atoms with Crippen LogP contribution in [0.5, 0.6) is 0 Å². The van der Waals surface area contributed by atoms with Crippen LogP contribution in [0.15, 0.2) is 0 Å². The van der Waals surface area contributed by atoms with Crippen molar-refractivity contribution >= 4 is 0 Å². The van der Waals surface area contributed by atoms with Gasteiger partial charge in [0, 0.05) is 0 Å². The quantitative estimate of drug-likeness (QED) is 0.0382. The Kier molecular flexibility index (Phi) is 26.0. The number of hydrogen-bond acceptors (Lipinski definition) is 41. The zero-order chi connectivity index (χ0) is 67.1. The predicted molar refractivity (Wildman–Crippen MR) is 276 cm³/mol. The molecular formula is C51H86O41. The number of aliphatic hydroxyl groups is 24. The Hall–Kier alpha value is -1.64. The fourth-order valence-corrected chi connectivity index (χ4v) is 12.2. The van der Waals surface area contributed by atoms with E-state index in [-0.39, 0.29) is 0 Å². The fraction of sp³-hybridized carbons (Fsp3) is 1.00. The zero-order valence-corrected chi connectivity index (χ0v) is 48.7. The number of ether oxygens (including phenoxy) is 17. The summed E-state index contributed by atoms with van der Waals surface area (Å²) in [5.41, 5.74) is 0. The second-order valence-corrected chi connectivity index (χ2v) is 23.6. The summed E-state index contributed by atoms with van der Waals surface area (Å²) in [5.74, 6) is 0. The van der Waals surface area contributed by atoms with Gasteiger partial charge in [0.2, 0.25) is 0 Å². The van der Waals surface area contributed by atoms with Crippen LogP contribution in [0, 0.1) is 0 Å². The minimum absolute atomic E-state index is 0.674. The van der Waals surface area contributed by atoms with E-state index in [1.807, 2.05) is 0 Å². The Morgan fingerprint density at radius 1 is 0.250 bits per heavy atom. The van der Waals surface area contributed by atoms with Crippen LogP contribution in [-0.4, -0.2) is 434 Å². The summed E-state index contributed by atoms with van der Waals surface area (Å²) in [7, 11) is 0. The summed E-state index contributed by atoms with van der Waals surface area (Å²) in [6.45, 7) is -6.61. The molecule has 0 bridgehead atoms. The molecule has 9 aliphatic rings. The van der Waals surface area contributed by atoms with Gasteiger partial charge in [-0.25, -0.2) is 0 Å². The van der Waals surface area contributed by atoms with Crippen LogP contribution in [0.2, 0.25) is 0 Å². The van der Waals surface area contributed by atoms with Gasteiger partial charge in [-0.2, -0.15) is 0 Å². The number of hydrogen-bond donors (Lipinski definition) is 24. The molecule has 0 unspecified atom stereocenters. The van der Waals surface area contributed by atoms with Crippen LogP contribution in [-0.2, 0) is 80.5 Å². The first kappa shape index (κ1) is 74.6. The summed E-state index contributed by atoms with van der Waals surface area (Å²) in [6, 6.07) is 0. The molecule has 9 heterocycles. The van der Waals surface area contributed by atoms with Crippen molar-refractivity contribution in [2.45, 2.75) is 259 Å². The Morgan fingerprint density at radius 2 is 0.543 bits per heavy atom. The van der Waals surface area contributed by atoms with Crippen molar-refractivity contribution in [3.63, 3.8) is 0 Å². The first-order valence-electron chi connectivity index (χ1n) is 29.6. The molecule has 41 atom stereocenters. The van der Waals surface area contributed by atoms with E-state index in [1.54, 1.807) is 0 Å². The van der Waals surface area contributed by atoms with Crippen molar-refractivity contribution in [2.24, 2.45) is 0 Å². The third kappa shape index (κ3) is 15.1. The Balaban J connectivity index is 0.830. The average Bonchev–Trinajstić information content (AvgIpc) is 1.32. The number of aliphatic hydroxyl groups excluding tert-OH is 24. The van der Waals surface area contributed by atoms with Gasteiger partial charge in [-0.05, 0) is 6.92 Å². The van der Waals surface area contributed by atoms with E-state index in [1.165, 1.54) is 6.92 Å². The van der Waals surface area contributed by atoms with Crippen LogP contribution in [0.4, 0.5) is 0 Å². The smallest absolute Gasteiger partial charge is 0.187 e. The monoisotopic (exact) mass is 1350 g/mol. The highest BCUT2D eigenvalue weighted by Crippen LogP contribution is 2.40. The summed E-state index contributed by atoms with van der Waals surface area (Å²) in [4.78, 5) is 0. The normalized spacial score (nSPS) is 52.9. The topological polar surface area (TPSA) is 642 Å². The van der Waals surface area contributed by atoms with E-state index in [9.17, 15) is 123 Å². The molecule has 9 rings (SSSR count). The fourth-order valence-electron chi connectivity index (χ4n) is 12.2. The largest absolute Gasteiger partial charge is 0.394 e. The highest BCUT2D eigenvalue weighted by atomic mass is 16.8. The Bertz CT molecular complexity index is 2240. The summed E-state index contributed by atoms with van der Waals surface area (Å²) < 4.78 is 96.8. The van der Waals surface area contributed by atoms with Gasteiger partial charge in [-0.1, -0.05) is 0 Å². The molecule has 0 amide bonds. The molecule has 0 saturated carbocycles. The maximum absolute atomic E-state index is 11.6. The molecule has 536 valence electrons. The first-order valence-corrected chi connectivity index (χ1v) is 29.6. The summed E-state index contributed by atoms with van der Waals surface area (Å²) in [5, 5.41) is 258. The average molecular weight is 1360 g/mol. The van der Waals surface area contributed by atoms with Crippen LogP contribution in [0.1, 0.15) is 6.92 Å². The molecule has 92 heavy (non-hydrogen) atoms. The van der Waals surface area contributed by atoms with Crippen LogP contribution in [0.25, 0.3) is 0 Å². The molecule has 41 nitrogen and oxygen atoms in total. The third-order valence-corrected chi connectivity index (χ3v) is 17.6. The first-order chi connectivity index (χ1) is 43.8. The van der Waals surface area contributed by atoms with E-state index in [0.717, 1.165) is 0 Å². The summed E-state index contributed by atoms with van der Waals surface area (Å²) in [6.07, 6.45) is -74.2. The number of rotatable bonds is 26. The maximum Gasteiger partial charge on any atom is 0.187 e. The molecule has 0 spiro atoms. The molecule has 0 aromatic heterocycles. The van der Waals surface area contributed by atoms with Crippen molar-refractivity contribution < 1.29 is 203 Å². The molecule has 0 aliphatic carbocycles.